The molecule has 0 atom stereocenters. The van der Waals surface area contributed by atoms with E-state index in [1.807, 2.05) is 34.9 Å². The molecule has 2 heterocycles. The number of nitrogens with zero attached hydrogens (tertiary/aromatic N) is 1. The Bertz CT molecular complexity index is 1140. The summed E-state index contributed by atoms with van der Waals surface area (Å²) in [5, 5.41) is 4.68. The van der Waals surface area contributed by atoms with E-state index in [-0.39, 0.29) is 5.91 Å². The van der Waals surface area contributed by atoms with Crippen molar-refractivity contribution in [2.45, 2.75) is 57.4 Å². The number of fused-ring (bicyclic) bond motifs is 3. The summed E-state index contributed by atoms with van der Waals surface area (Å²) < 4.78 is 1.89. The van der Waals surface area contributed by atoms with Gasteiger partial charge in [-0.25, -0.2) is 0 Å². The van der Waals surface area contributed by atoms with Crippen LogP contribution in [-0.4, -0.2) is 22.4 Å². The molecular weight excluding hydrogens is 374 g/mol. The molecule has 5 nitrogen and oxygen atoms in total. The van der Waals surface area contributed by atoms with Crippen molar-refractivity contribution in [3.8, 4) is 11.1 Å². The lowest BCUT2D eigenvalue weighted by atomic mass is 9.93. The van der Waals surface area contributed by atoms with Crippen LogP contribution in [0.3, 0.4) is 0 Å². The van der Waals surface area contributed by atoms with Crippen LogP contribution < -0.4 is 11.1 Å². The van der Waals surface area contributed by atoms with Crippen molar-refractivity contribution >= 4 is 28.4 Å². The number of carbonyl (C=O) groups is 2. The number of hydrogen-bond acceptors (Lipinski definition) is 3. The molecule has 0 radical (unpaired) electrons. The summed E-state index contributed by atoms with van der Waals surface area (Å²) in [7, 11) is 0. The van der Waals surface area contributed by atoms with Crippen LogP contribution in [0.2, 0.25) is 0 Å². The first-order valence-electron chi connectivity index (χ1n) is 11.0. The van der Waals surface area contributed by atoms with Crippen LogP contribution in [0.4, 0.5) is 5.69 Å². The van der Waals surface area contributed by atoms with Gasteiger partial charge in [-0.2, -0.15) is 0 Å². The second kappa shape index (κ2) is 7.63. The zero-order valence-corrected chi connectivity index (χ0v) is 17.1. The van der Waals surface area contributed by atoms with Crippen molar-refractivity contribution in [2.75, 3.05) is 5.32 Å². The Hall–Kier alpha value is -3.08. The molecule has 0 unspecified atom stereocenters. The fraction of sp³-hybridized carbons (Fsp3) is 0.360. The lowest BCUT2D eigenvalue weighted by molar-refractivity contribution is 0.0889. The number of nitrogens with one attached hydrogen (secondary N) is 1. The summed E-state index contributed by atoms with van der Waals surface area (Å²) in [4.78, 5) is 24.8. The van der Waals surface area contributed by atoms with Crippen LogP contribution in [0.5, 0.6) is 0 Å². The number of rotatable bonds is 4. The largest absolute Gasteiger partial charge is 0.382 e. The number of primary amides is 1. The van der Waals surface area contributed by atoms with E-state index in [0.29, 0.717) is 18.0 Å². The lowest BCUT2D eigenvalue weighted by Crippen LogP contribution is -2.24. The quantitative estimate of drug-likeness (QED) is 0.636. The van der Waals surface area contributed by atoms with E-state index in [4.69, 9.17) is 5.73 Å². The number of benzene rings is 2. The second-order valence-corrected chi connectivity index (χ2v) is 8.53. The molecule has 0 saturated heterocycles. The summed E-state index contributed by atoms with van der Waals surface area (Å²) in [5.41, 5.74) is 11.2. The first kappa shape index (κ1) is 18.9. The van der Waals surface area contributed by atoms with Gasteiger partial charge in [-0.1, -0.05) is 43.5 Å². The molecule has 5 heteroatoms. The van der Waals surface area contributed by atoms with E-state index in [1.54, 1.807) is 0 Å². The van der Waals surface area contributed by atoms with Gasteiger partial charge in [0.25, 0.3) is 5.91 Å². The Morgan fingerprint density at radius 1 is 1.00 bits per heavy atom. The predicted molar refractivity (Wildman–Crippen MR) is 120 cm³/mol. The number of aromatic nitrogens is 1. The highest BCUT2D eigenvalue weighted by molar-refractivity contribution is 6.06. The van der Waals surface area contributed by atoms with Crippen LogP contribution in [0.25, 0.3) is 22.0 Å². The first-order valence-corrected chi connectivity index (χ1v) is 11.0. The predicted octanol–water partition coefficient (Wildman–Crippen LogP) is 5.13. The van der Waals surface area contributed by atoms with Gasteiger partial charge in [0.1, 0.15) is 0 Å². The fourth-order valence-corrected chi connectivity index (χ4v) is 5.16. The molecule has 0 bridgehead atoms. The highest BCUT2D eigenvalue weighted by Gasteiger charge is 2.26. The normalized spacial score (nSPS) is 17.1. The highest BCUT2D eigenvalue weighted by Crippen LogP contribution is 2.39. The highest BCUT2D eigenvalue weighted by atomic mass is 16.2. The molecule has 3 aromatic rings. The van der Waals surface area contributed by atoms with Crippen molar-refractivity contribution in [3.63, 3.8) is 0 Å². The molecule has 5 rings (SSSR count). The minimum atomic E-state index is -0.418. The standard InChI is InChI=1S/C25H27N3O2/c26-25(30)18-14-13-16(15-20(18)27-17-7-2-1-3-8-17)24-19-9-4-5-10-21(19)28-22(24)11-6-12-23(28)29/h4-5,9-10,13-15,17,27H,1-3,6-8,11-12H2,(H2,26,30). The summed E-state index contributed by atoms with van der Waals surface area (Å²) in [6, 6.07) is 14.3. The molecule has 1 amide bonds. The van der Waals surface area contributed by atoms with Gasteiger partial charge in [-0.3, -0.25) is 14.2 Å². The maximum Gasteiger partial charge on any atom is 0.250 e. The smallest absolute Gasteiger partial charge is 0.250 e. The third kappa shape index (κ3) is 3.18. The van der Waals surface area contributed by atoms with E-state index in [0.717, 1.165) is 59.1 Å². The third-order valence-electron chi connectivity index (χ3n) is 6.56. The summed E-state index contributed by atoms with van der Waals surface area (Å²) in [6.45, 7) is 0. The summed E-state index contributed by atoms with van der Waals surface area (Å²) >= 11 is 0. The molecular formula is C25H27N3O2. The Labute approximate surface area is 176 Å². The van der Waals surface area contributed by atoms with Crippen LogP contribution in [-0.2, 0) is 6.42 Å². The van der Waals surface area contributed by atoms with E-state index >= 15 is 0 Å². The number of amides is 1. The van der Waals surface area contributed by atoms with E-state index in [2.05, 4.69) is 17.4 Å². The molecule has 1 aliphatic carbocycles. The van der Waals surface area contributed by atoms with Gasteiger partial charge in [-0.15, -0.1) is 0 Å². The summed E-state index contributed by atoms with van der Waals surface area (Å²) in [6.07, 6.45) is 8.25. The molecule has 0 spiro atoms. The molecule has 3 N–H and O–H groups in total. The van der Waals surface area contributed by atoms with Gasteiger partial charge in [0.05, 0.1) is 11.1 Å². The van der Waals surface area contributed by atoms with E-state index in [1.165, 1.54) is 19.3 Å². The Morgan fingerprint density at radius 3 is 2.60 bits per heavy atom. The van der Waals surface area contributed by atoms with Gasteiger partial charge in [0, 0.05) is 34.8 Å². The molecule has 2 aliphatic rings. The number of anilines is 1. The monoisotopic (exact) mass is 401 g/mol. The average molecular weight is 402 g/mol. The van der Waals surface area contributed by atoms with Gasteiger partial charge >= 0.3 is 0 Å². The topological polar surface area (TPSA) is 77.1 Å². The minimum Gasteiger partial charge on any atom is -0.382 e. The van der Waals surface area contributed by atoms with Crippen LogP contribution >= 0.6 is 0 Å². The van der Waals surface area contributed by atoms with Crippen molar-refractivity contribution in [1.29, 1.82) is 0 Å². The fourth-order valence-electron chi connectivity index (χ4n) is 5.16. The molecule has 30 heavy (non-hydrogen) atoms. The molecule has 1 saturated carbocycles. The SMILES string of the molecule is NC(=O)c1ccc(-c2c3n(c4ccccc24)C(=O)CCC3)cc1NC1CCCCC1. The van der Waals surface area contributed by atoms with Crippen molar-refractivity contribution in [1.82, 2.24) is 4.57 Å². The number of carbonyl (C=O) groups excluding carboxylic acids is 2. The van der Waals surface area contributed by atoms with Crippen LogP contribution in [0.1, 0.15) is 65.8 Å². The Kier molecular flexibility index (Phi) is 4.81. The first-order chi connectivity index (χ1) is 14.6. The van der Waals surface area contributed by atoms with Crippen molar-refractivity contribution < 1.29 is 9.59 Å². The molecule has 1 fully saturated rings. The minimum absolute atomic E-state index is 0.160. The molecule has 2 aromatic carbocycles. The zero-order chi connectivity index (χ0) is 20.7. The van der Waals surface area contributed by atoms with Gasteiger partial charge in [0.2, 0.25) is 5.91 Å². The number of nitrogens with two attached hydrogens (primary N) is 1. The molecule has 154 valence electrons. The summed E-state index contributed by atoms with van der Waals surface area (Å²) in [5.74, 6) is -0.258. The van der Waals surface area contributed by atoms with Gasteiger partial charge < -0.3 is 11.1 Å². The zero-order valence-electron chi connectivity index (χ0n) is 17.1. The maximum absolute atomic E-state index is 12.7. The van der Waals surface area contributed by atoms with Gasteiger partial charge in [0.15, 0.2) is 0 Å². The van der Waals surface area contributed by atoms with E-state index in [9.17, 15) is 9.59 Å². The maximum atomic E-state index is 12.7. The van der Waals surface area contributed by atoms with Crippen LogP contribution in [0, 0.1) is 0 Å². The molecule has 1 aliphatic heterocycles. The Morgan fingerprint density at radius 2 is 1.80 bits per heavy atom. The van der Waals surface area contributed by atoms with Crippen molar-refractivity contribution in [2.24, 2.45) is 5.73 Å². The average Bonchev–Trinajstić information content (AvgIpc) is 3.10. The van der Waals surface area contributed by atoms with Gasteiger partial charge in [-0.05, 0) is 49.4 Å². The number of hydrogen-bond donors (Lipinski definition) is 2. The Balaban J connectivity index is 1.66. The third-order valence-corrected chi connectivity index (χ3v) is 6.56. The molecule has 1 aromatic heterocycles. The number of para-hydroxylation sites is 1. The van der Waals surface area contributed by atoms with E-state index < -0.39 is 5.91 Å². The van der Waals surface area contributed by atoms with Crippen molar-refractivity contribution in [3.05, 3.63) is 53.7 Å². The lowest BCUT2D eigenvalue weighted by Gasteiger charge is -2.25. The van der Waals surface area contributed by atoms with Crippen LogP contribution in [0.15, 0.2) is 42.5 Å². The second-order valence-electron chi connectivity index (χ2n) is 8.53.